The SMILES string of the molecule is O=CCC[C@H](NC(=O)COCCOCCNC(=O)CC[C@H](NC(=O)CCCCCCCCCCCCC(=O)O)C(=O)O)C(=O)O. The van der Waals surface area contributed by atoms with Gasteiger partial charge in [-0.1, -0.05) is 51.4 Å². The highest BCUT2D eigenvalue weighted by Gasteiger charge is 2.21. The molecule has 0 aliphatic heterocycles. The van der Waals surface area contributed by atoms with Crippen LogP contribution in [-0.4, -0.2) is 102 Å². The van der Waals surface area contributed by atoms with Crippen molar-refractivity contribution >= 4 is 41.9 Å². The highest BCUT2D eigenvalue weighted by atomic mass is 16.5. The average molecular weight is 646 g/mol. The number of ether oxygens (including phenoxy) is 2. The van der Waals surface area contributed by atoms with Crippen molar-refractivity contribution < 1.29 is 58.4 Å². The summed E-state index contributed by atoms with van der Waals surface area (Å²) in [4.78, 5) is 79.4. The summed E-state index contributed by atoms with van der Waals surface area (Å²) >= 11 is 0. The Morgan fingerprint density at radius 1 is 0.578 bits per heavy atom. The van der Waals surface area contributed by atoms with E-state index in [1.807, 2.05) is 0 Å². The van der Waals surface area contributed by atoms with Crippen molar-refractivity contribution in [1.82, 2.24) is 16.0 Å². The van der Waals surface area contributed by atoms with E-state index in [2.05, 4.69) is 16.0 Å². The van der Waals surface area contributed by atoms with Gasteiger partial charge in [0, 0.05) is 32.2 Å². The van der Waals surface area contributed by atoms with Crippen LogP contribution in [0.2, 0.25) is 0 Å². The first-order chi connectivity index (χ1) is 21.6. The minimum absolute atomic E-state index is 0.00374. The van der Waals surface area contributed by atoms with E-state index in [0.29, 0.717) is 12.7 Å². The zero-order valence-corrected chi connectivity index (χ0v) is 26.1. The summed E-state index contributed by atoms with van der Waals surface area (Å²) in [6.07, 6.45) is 10.4. The van der Waals surface area contributed by atoms with Gasteiger partial charge in [0.1, 0.15) is 25.0 Å². The normalized spacial score (nSPS) is 12.1. The molecule has 0 aromatic heterocycles. The molecule has 0 aliphatic rings. The summed E-state index contributed by atoms with van der Waals surface area (Å²) in [5.41, 5.74) is 0. The highest BCUT2D eigenvalue weighted by molar-refractivity contribution is 5.85. The van der Waals surface area contributed by atoms with E-state index in [-0.39, 0.29) is 77.4 Å². The molecule has 0 aromatic carbocycles. The van der Waals surface area contributed by atoms with Crippen LogP contribution in [0.3, 0.4) is 0 Å². The molecule has 15 heteroatoms. The second-order valence-corrected chi connectivity index (χ2v) is 10.6. The maximum absolute atomic E-state index is 12.2. The molecule has 0 aliphatic carbocycles. The lowest BCUT2D eigenvalue weighted by atomic mass is 10.0. The molecule has 0 spiro atoms. The zero-order chi connectivity index (χ0) is 33.7. The monoisotopic (exact) mass is 645 g/mol. The summed E-state index contributed by atoms with van der Waals surface area (Å²) < 4.78 is 10.4. The molecule has 0 heterocycles. The van der Waals surface area contributed by atoms with E-state index in [1.165, 1.54) is 0 Å². The molecule has 45 heavy (non-hydrogen) atoms. The van der Waals surface area contributed by atoms with Gasteiger partial charge in [0.25, 0.3) is 0 Å². The van der Waals surface area contributed by atoms with Crippen LogP contribution < -0.4 is 16.0 Å². The Morgan fingerprint density at radius 2 is 1.09 bits per heavy atom. The molecule has 0 saturated heterocycles. The van der Waals surface area contributed by atoms with Crippen molar-refractivity contribution in [3.05, 3.63) is 0 Å². The fourth-order valence-electron chi connectivity index (χ4n) is 4.24. The van der Waals surface area contributed by atoms with Gasteiger partial charge >= 0.3 is 17.9 Å². The topological polar surface area (TPSA) is 235 Å². The number of carboxylic acid groups (broad SMARTS) is 3. The number of unbranched alkanes of at least 4 members (excludes halogenated alkanes) is 9. The second-order valence-electron chi connectivity index (χ2n) is 10.6. The number of hydrogen-bond acceptors (Lipinski definition) is 9. The minimum Gasteiger partial charge on any atom is -0.481 e. The van der Waals surface area contributed by atoms with E-state index in [4.69, 9.17) is 19.7 Å². The molecular formula is C30H51N3O12. The third-order valence-electron chi connectivity index (χ3n) is 6.72. The third kappa shape index (κ3) is 26.5. The van der Waals surface area contributed by atoms with Crippen LogP contribution in [-0.2, 0) is 43.0 Å². The van der Waals surface area contributed by atoms with Gasteiger partial charge in [-0.05, 0) is 25.7 Å². The van der Waals surface area contributed by atoms with Crippen molar-refractivity contribution in [2.45, 2.75) is 115 Å². The average Bonchev–Trinajstić information content (AvgIpc) is 2.98. The molecule has 15 nitrogen and oxygen atoms in total. The lowest BCUT2D eigenvalue weighted by Gasteiger charge is -2.14. The molecule has 0 fully saturated rings. The predicted octanol–water partition coefficient (Wildman–Crippen LogP) is 1.80. The Bertz CT molecular complexity index is 899. The summed E-state index contributed by atoms with van der Waals surface area (Å²) in [6, 6.07) is -2.34. The molecule has 6 N–H and O–H groups in total. The summed E-state index contributed by atoms with van der Waals surface area (Å²) in [7, 11) is 0. The number of carbonyl (C=O) groups excluding carboxylic acids is 4. The number of aliphatic carboxylic acids is 3. The molecule has 0 saturated carbocycles. The standard InChI is InChI=1S/C30H51N3O12/c34-18-11-12-23(29(40)41)33-27(37)22-45-21-20-44-19-17-31-25(35)16-15-24(30(42)43)32-26(36)13-9-7-5-3-1-2-4-6-8-10-14-28(38)39/h18,23-24H,1-17,19-22H2,(H,31,35)(H,32,36)(H,33,37)(H,38,39)(H,40,41)(H,42,43)/t23-,24-/m0/s1. The first-order valence-electron chi connectivity index (χ1n) is 15.7. The molecule has 2 atom stereocenters. The first kappa shape index (κ1) is 41.4. The number of aldehydes is 1. The number of nitrogens with one attached hydrogen (secondary N) is 3. The molecule has 0 unspecified atom stereocenters. The highest BCUT2D eigenvalue weighted by Crippen LogP contribution is 2.12. The Balaban J connectivity index is 3.85. The number of carbonyl (C=O) groups is 7. The smallest absolute Gasteiger partial charge is 0.326 e. The van der Waals surface area contributed by atoms with Crippen LogP contribution in [0, 0.1) is 0 Å². The lowest BCUT2D eigenvalue weighted by Crippen LogP contribution is -2.42. The molecule has 3 amide bonds. The van der Waals surface area contributed by atoms with Crippen molar-refractivity contribution in [1.29, 1.82) is 0 Å². The van der Waals surface area contributed by atoms with Crippen molar-refractivity contribution in [2.75, 3.05) is 33.0 Å². The minimum atomic E-state index is -1.25. The van der Waals surface area contributed by atoms with Gasteiger partial charge in [0.05, 0.1) is 19.8 Å². The number of rotatable bonds is 31. The van der Waals surface area contributed by atoms with Gasteiger partial charge in [-0.25, -0.2) is 9.59 Å². The van der Waals surface area contributed by atoms with Gasteiger partial charge in [-0.15, -0.1) is 0 Å². The summed E-state index contributed by atoms with van der Waals surface area (Å²) in [6.45, 7) is 0.0791. The Morgan fingerprint density at radius 3 is 1.64 bits per heavy atom. The van der Waals surface area contributed by atoms with Gasteiger partial charge in [-0.3, -0.25) is 19.2 Å². The summed E-state index contributed by atoms with van der Waals surface area (Å²) in [5, 5.41) is 34.4. The first-order valence-corrected chi connectivity index (χ1v) is 15.7. The lowest BCUT2D eigenvalue weighted by molar-refractivity contribution is -0.143. The summed E-state index contributed by atoms with van der Waals surface area (Å²) in [5.74, 6) is -4.61. The Labute approximate surface area is 264 Å². The third-order valence-corrected chi connectivity index (χ3v) is 6.72. The molecule has 0 bridgehead atoms. The molecule has 0 rings (SSSR count). The number of hydrogen-bond donors (Lipinski definition) is 6. The van der Waals surface area contributed by atoms with E-state index >= 15 is 0 Å². The number of carboxylic acids is 3. The molecule has 0 radical (unpaired) electrons. The van der Waals surface area contributed by atoms with Gasteiger partial charge in [0.2, 0.25) is 17.7 Å². The van der Waals surface area contributed by atoms with Crippen molar-refractivity contribution in [3.8, 4) is 0 Å². The maximum atomic E-state index is 12.2. The molecule has 0 aromatic rings. The van der Waals surface area contributed by atoms with Gasteiger partial charge < -0.3 is 45.5 Å². The van der Waals surface area contributed by atoms with Crippen LogP contribution in [0.4, 0.5) is 0 Å². The van der Waals surface area contributed by atoms with Crippen LogP contribution in [0.1, 0.15) is 103 Å². The van der Waals surface area contributed by atoms with Crippen LogP contribution in [0.25, 0.3) is 0 Å². The van der Waals surface area contributed by atoms with Crippen LogP contribution in [0.15, 0.2) is 0 Å². The van der Waals surface area contributed by atoms with Crippen LogP contribution in [0.5, 0.6) is 0 Å². The van der Waals surface area contributed by atoms with E-state index in [1.54, 1.807) is 0 Å². The Kier molecular flexibility index (Phi) is 25.7. The van der Waals surface area contributed by atoms with Gasteiger partial charge in [-0.2, -0.15) is 0 Å². The quantitative estimate of drug-likeness (QED) is 0.0468. The zero-order valence-electron chi connectivity index (χ0n) is 26.1. The van der Waals surface area contributed by atoms with Crippen LogP contribution >= 0.6 is 0 Å². The van der Waals surface area contributed by atoms with E-state index in [0.717, 1.165) is 57.8 Å². The molecular weight excluding hydrogens is 594 g/mol. The largest absolute Gasteiger partial charge is 0.481 e. The molecule has 258 valence electrons. The maximum Gasteiger partial charge on any atom is 0.326 e. The van der Waals surface area contributed by atoms with Gasteiger partial charge in [0.15, 0.2) is 0 Å². The van der Waals surface area contributed by atoms with Crippen molar-refractivity contribution in [2.24, 2.45) is 0 Å². The fourth-order valence-corrected chi connectivity index (χ4v) is 4.24. The fraction of sp³-hybridized carbons (Fsp3) is 0.767. The van der Waals surface area contributed by atoms with E-state index < -0.39 is 41.8 Å². The van der Waals surface area contributed by atoms with Crippen molar-refractivity contribution in [3.63, 3.8) is 0 Å². The Hall–Kier alpha value is -3.59. The van der Waals surface area contributed by atoms with E-state index in [9.17, 15) is 38.7 Å². The predicted molar refractivity (Wildman–Crippen MR) is 161 cm³/mol. The second kappa shape index (κ2) is 27.9. The number of amides is 3.